The number of aryl methyl sites for hydroxylation is 2. The van der Waals surface area contributed by atoms with Crippen LogP contribution in [0.5, 0.6) is 5.75 Å². The topological polar surface area (TPSA) is 65.4 Å². The minimum Gasteiger partial charge on any atom is -0.494 e. The molecule has 6 heteroatoms. The summed E-state index contributed by atoms with van der Waals surface area (Å²) < 4.78 is 33.9. The summed E-state index contributed by atoms with van der Waals surface area (Å²) >= 11 is 0. The van der Waals surface area contributed by atoms with Crippen LogP contribution in [0, 0.1) is 0 Å². The average molecular weight is 414 g/mol. The molecule has 0 spiro atoms. The van der Waals surface area contributed by atoms with Crippen LogP contribution in [0.15, 0.2) is 63.2 Å². The maximum Gasteiger partial charge on any atom is 0.211 e. The zero-order valence-corrected chi connectivity index (χ0v) is 18.0. The third-order valence-corrected chi connectivity index (χ3v) is 6.77. The lowest BCUT2D eigenvalue weighted by atomic mass is 10.1. The second-order valence-corrected chi connectivity index (χ2v) is 8.90. The predicted molar refractivity (Wildman–Crippen MR) is 116 cm³/mol. The molecule has 3 aromatic rings. The minimum atomic E-state index is -3.95. The molecule has 0 atom stereocenters. The molecule has 0 aliphatic heterocycles. The summed E-state index contributed by atoms with van der Waals surface area (Å²) in [4.78, 5) is 13.1. The quantitative estimate of drug-likeness (QED) is 0.541. The van der Waals surface area contributed by atoms with Gasteiger partial charge in [0.2, 0.25) is 15.3 Å². The molecule has 1 heterocycles. The Labute approximate surface area is 171 Å². The van der Waals surface area contributed by atoms with Crippen molar-refractivity contribution in [1.29, 1.82) is 0 Å². The van der Waals surface area contributed by atoms with Gasteiger partial charge < -0.3 is 9.30 Å². The fourth-order valence-corrected chi connectivity index (χ4v) is 4.72. The number of ether oxygens (including phenoxy) is 1. The van der Waals surface area contributed by atoms with Gasteiger partial charge in [0.25, 0.3) is 0 Å². The highest BCUT2D eigenvalue weighted by atomic mass is 32.2. The van der Waals surface area contributed by atoms with Crippen LogP contribution < -0.4 is 10.2 Å². The standard InChI is InChI=1S/C23H27NO4S/c1-4-7-14-24-16-22(23(25)20-15-17(5-2)8-13-21(20)24)29(26,27)19-11-9-18(10-12-19)28-6-3/h8-13,15-16H,4-7,14H2,1-3H3. The second kappa shape index (κ2) is 8.82. The summed E-state index contributed by atoms with van der Waals surface area (Å²) in [6.07, 6.45) is 4.15. The van der Waals surface area contributed by atoms with Crippen LogP contribution in [-0.2, 0) is 22.8 Å². The summed E-state index contributed by atoms with van der Waals surface area (Å²) in [6, 6.07) is 11.9. The Hall–Kier alpha value is -2.60. The SMILES string of the molecule is CCCCn1cc(S(=O)(=O)c2ccc(OCC)cc2)c(=O)c2cc(CC)ccc21. The van der Waals surface area contributed by atoms with Crippen LogP contribution >= 0.6 is 0 Å². The Bertz CT molecular complexity index is 1160. The zero-order chi connectivity index (χ0) is 21.0. The van der Waals surface area contributed by atoms with E-state index in [2.05, 4.69) is 6.92 Å². The number of rotatable bonds is 8. The monoisotopic (exact) mass is 413 g/mol. The van der Waals surface area contributed by atoms with Crippen molar-refractivity contribution in [2.75, 3.05) is 6.61 Å². The molecule has 0 aliphatic carbocycles. The summed E-state index contributed by atoms with van der Waals surface area (Å²) in [5.41, 5.74) is 1.33. The fourth-order valence-electron chi connectivity index (χ4n) is 3.35. The van der Waals surface area contributed by atoms with Crippen LogP contribution in [0.2, 0.25) is 0 Å². The van der Waals surface area contributed by atoms with Gasteiger partial charge in [-0.25, -0.2) is 8.42 Å². The van der Waals surface area contributed by atoms with Gasteiger partial charge in [-0.3, -0.25) is 4.79 Å². The van der Waals surface area contributed by atoms with Crippen LogP contribution in [0.1, 0.15) is 39.2 Å². The van der Waals surface area contributed by atoms with Gasteiger partial charge in [-0.05, 0) is 61.7 Å². The van der Waals surface area contributed by atoms with E-state index in [1.807, 2.05) is 36.6 Å². The molecule has 0 fully saturated rings. The molecule has 0 radical (unpaired) electrons. The van der Waals surface area contributed by atoms with E-state index < -0.39 is 15.3 Å². The number of nitrogens with zero attached hydrogens (tertiary/aromatic N) is 1. The lowest BCUT2D eigenvalue weighted by molar-refractivity contribution is 0.340. The average Bonchev–Trinajstić information content (AvgIpc) is 2.73. The molecule has 29 heavy (non-hydrogen) atoms. The van der Waals surface area contributed by atoms with Crippen molar-refractivity contribution in [3.05, 3.63) is 64.4 Å². The van der Waals surface area contributed by atoms with Gasteiger partial charge in [0.15, 0.2) is 0 Å². The van der Waals surface area contributed by atoms with E-state index in [1.165, 1.54) is 18.3 Å². The van der Waals surface area contributed by atoms with Crippen molar-refractivity contribution in [3.63, 3.8) is 0 Å². The maximum atomic E-state index is 13.3. The van der Waals surface area contributed by atoms with Crippen molar-refractivity contribution in [1.82, 2.24) is 4.57 Å². The van der Waals surface area contributed by atoms with E-state index in [1.54, 1.807) is 12.1 Å². The number of sulfone groups is 1. The lowest BCUT2D eigenvalue weighted by Crippen LogP contribution is -2.19. The Morgan fingerprint density at radius 1 is 1.00 bits per heavy atom. The molecule has 0 bridgehead atoms. The minimum absolute atomic E-state index is 0.0890. The molecule has 0 saturated carbocycles. The molecular weight excluding hydrogens is 386 g/mol. The number of hydrogen-bond donors (Lipinski definition) is 0. The molecule has 2 aromatic carbocycles. The molecule has 0 amide bonds. The van der Waals surface area contributed by atoms with E-state index in [0.717, 1.165) is 30.3 Å². The van der Waals surface area contributed by atoms with Gasteiger partial charge in [-0.1, -0.05) is 26.3 Å². The normalized spacial score (nSPS) is 11.7. The summed E-state index contributed by atoms with van der Waals surface area (Å²) in [6.45, 7) is 7.11. The van der Waals surface area contributed by atoms with E-state index in [-0.39, 0.29) is 9.79 Å². The molecule has 1 aromatic heterocycles. The van der Waals surface area contributed by atoms with Crippen molar-refractivity contribution in [2.45, 2.75) is 56.4 Å². The van der Waals surface area contributed by atoms with Crippen molar-refractivity contribution in [2.24, 2.45) is 0 Å². The van der Waals surface area contributed by atoms with Crippen molar-refractivity contribution < 1.29 is 13.2 Å². The number of benzene rings is 2. The van der Waals surface area contributed by atoms with E-state index in [0.29, 0.717) is 24.3 Å². The lowest BCUT2D eigenvalue weighted by Gasteiger charge is -2.14. The largest absolute Gasteiger partial charge is 0.494 e. The van der Waals surface area contributed by atoms with Gasteiger partial charge in [0.1, 0.15) is 10.6 Å². The van der Waals surface area contributed by atoms with Crippen LogP contribution in [0.3, 0.4) is 0 Å². The van der Waals surface area contributed by atoms with Gasteiger partial charge in [-0.15, -0.1) is 0 Å². The zero-order valence-electron chi connectivity index (χ0n) is 17.1. The third-order valence-electron chi connectivity index (χ3n) is 5.01. The summed E-state index contributed by atoms with van der Waals surface area (Å²) in [5, 5.41) is 0.451. The second-order valence-electron chi connectivity index (χ2n) is 6.98. The first-order chi connectivity index (χ1) is 13.9. The molecular formula is C23H27NO4S. The molecule has 5 nitrogen and oxygen atoms in total. The highest BCUT2D eigenvalue weighted by molar-refractivity contribution is 7.91. The number of unbranched alkanes of at least 4 members (excludes halogenated alkanes) is 1. The first kappa shape index (κ1) is 21.1. The predicted octanol–water partition coefficient (Wildman–Crippen LogP) is 4.60. The van der Waals surface area contributed by atoms with E-state index in [9.17, 15) is 13.2 Å². The van der Waals surface area contributed by atoms with Gasteiger partial charge in [0, 0.05) is 18.1 Å². The molecule has 0 saturated heterocycles. The van der Waals surface area contributed by atoms with Gasteiger partial charge in [0.05, 0.1) is 17.0 Å². The van der Waals surface area contributed by atoms with Gasteiger partial charge in [-0.2, -0.15) is 0 Å². The Kier molecular flexibility index (Phi) is 6.42. The van der Waals surface area contributed by atoms with Crippen molar-refractivity contribution in [3.8, 4) is 5.75 Å². The molecule has 0 unspecified atom stereocenters. The third kappa shape index (κ3) is 4.22. The number of fused-ring (bicyclic) bond motifs is 1. The highest BCUT2D eigenvalue weighted by Gasteiger charge is 2.24. The van der Waals surface area contributed by atoms with Crippen LogP contribution in [0.4, 0.5) is 0 Å². The number of hydrogen-bond acceptors (Lipinski definition) is 4. The Morgan fingerprint density at radius 2 is 1.72 bits per heavy atom. The van der Waals surface area contributed by atoms with Gasteiger partial charge >= 0.3 is 0 Å². The van der Waals surface area contributed by atoms with Crippen LogP contribution in [-0.4, -0.2) is 19.6 Å². The first-order valence-electron chi connectivity index (χ1n) is 10.1. The fraction of sp³-hybridized carbons (Fsp3) is 0.348. The van der Waals surface area contributed by atoms with E-state index >= 15 is 0 Å². The first-order valence-corrected chi connectivity index (χ1v) is 11.5. The molecule has 0 aliphatic rings. The Morgan fingerprint density at radius 3 is 2.34 bits per heavy atom. The van der Waals surface area contributed by atoms with E-state index in [4.69, 9.17) is 4.74 Å². The summed E-state index contributed by atoms with van der Waals surface area (Å²) in [7, 11) is -3.95. The van der Waals surface area contributed by atoms with Crippen molar-refractivity contribution >= 4 is 20.7 Å². The highest BCUT2D eigenvalue weighted by Crippen LogP contribution is 2.24. The summed E-state index contributed by atoms with van der Waals surface area (Å²) in [5.74, 6) is 0.595. The van der Waals surface area contributed by atoms with Crippen LogP contribution in [0.25, 0.3) is 10.9 Å². The maximum absolute atomic E-state index is 13.3. The smallest absolute Gasteiger partial charge is 0.211 e. The Balaban J connectivity index is 2.21. The molecule has 3 rings (SSSR count). The number of aromatic nitrogens is 1. The molecule has 0 N–H and O–H groups in total. The molecule has 154 valence electrons. The number of pyridine rings is 1.